The molecule has 0 saturated heterocycles. The molecule has 2 rings (SSSR count). The number of rotatable bonds is 8. The largest absolute Gasteiger partial charge is 0.352 e. The van der Waals surface area contributed by atoms with Gasteiger partial charge < -0.3 is 10.6 Å². The third kappa shape index (κ3) is 6.03. The third-order valence-electron chi connectivity index (χ3n) is 4.25. The predicted octanol–water partition coefficient (Wildman–Crippen LogP) is 3.00. The van der Waals surface area contributed by atoms with Crippen molar-refractivity contribution >= 4 is 33.2 Å². The van der Waals surface area contributed by atoms with Gasteiger partial charge in [-0.15, -0.1) is 0 Å². The van der Waals surface area contributed by atoms with Gasteiger partial charge in [0.25, 0.3) is 5.91 Å². The molecule has 30 heavy (non-hydrogen) atoms. The van der Waals surface area contributed by atoms with E-state index >= 15 is 0 Å². The summed E-state index contributed by atoms with van der Waals surface area (Å²) in [5.74, 6) is -1.38. The van der Waals surface area contributed by atoms with Crippen molar-refractivity contribution in [2.75, 3.05) is 22.4 Å². The van der Waals surface area contributed by atoms with Crippen LogP contribution in [0.5, 0.6) is 0 Å². The van der Waals surface area contributed by atoms with Gasteiger partial charge in [-0.2, -0.15) is 0 Å². The van der Waals surface area contributed by atoms with Crippen molar-refractivity contribution in [1.82, 2.24) is 5.32 Å². The number of nitrogens with one attached hydrogen (secondary N) is 2. The standard InChI is InChI=1S/C21H26FN3O4S/c1-14(2)13-23-21(27)18-10-5-6-11-19(18)24-20(26)15(3)25(30(4,28)29)17-9-7-8-16(22)12-17/h5-12,14-15H,13H2,1-4H3,(H,23,27)(H,24,26)/t15-/m1/s1. The number of benzene rings is 2. The molecule has 0 spiro atoms. The zero-order chi connectivity index (χ0) is 22.5. The van der Waals surface area contributed by atoms with E-state index in [9.17, 15) is 22.4 Å². The average molecular weight is 436 g/mol. The summed E-state index contributed by atoms with van der Waals surface area (Å²) in [6.45, 7) is 5.78. The number of para-hydroxylation sites is 1. The number of carbonyl (C=O) groups is 2. The first-order valence-electron chi connectivity index (χ1n) is 9.43. The molecule has 0 bridgehead atoms. The second-order valence-electron chi connectivity index (χ2n) is 7.35. The molecule has 0 radical (unpaired) electrons. The van der Waals surface area contributed by atoms with E-state index in [0.29, 0.717) is 6.54 Å². The van der Waals surface area contributed by atoms with Crippen LogP contribution >= 0.6 is 0 Å². The normalized spacial score (nSPS) is 12.3. The van der Waals surface area contributed by atoms with Crippen molar-refractivity contribution < 1.29 is 22.4 Å². The number of hydrogen-bond donors (Lipinski definition) is 2. The molecular weight excluding hydrogens is 409 g/mol. The molecule has 0 heterocycles. The Morgan fingerprint density at radius 3 is 2.33 bits per heavy atom. The summed E-state index contributed by atoms with van der Waals surface area (Å²) in [4.78, 5) is 25.3. The van der Waals surface area contributed by atoms with Gasteiger partial charge in [0.15, 0.2) is 0 Å². The molecule has 162 valence electrons. The van der Waals surface area contributed by atoms with Gasteiger partial charge in [-0.3, -0.25) is 13.9 Å². The monoisotopic (exact) mass is 435 g/mol. The topological polar surface area (TPSA) is 95.6 Å². The Morgan fingerprint density at radius 2 is 1.73 bits per heavy atom. The van der Waals surface area contributed by atoms with Gasteiger partial charge in [-0.1, -0.05) is 32.0 Å². The lowest BCUT2D eigenvalue weighted by atomic mass is 10.1. The number of carbonyl (C=O) groups excluding carboxylic acids is 2. The molecule has 0 saturated carbocycles. The van der Waals surface area contributed by atoms with E-state index in [0.717, 1.165) is 16.6 Å². The Bertz CT molecular complexity index is 1020. The molecule has 0 aliphatic carbocycles. The molecule has 1 atom stereocenters. The quantitative estimate of drug-likeness (QED) is 0.666. The Kier molecular flexibility index (Phi) is 7.55. The highest BCUT2D eigenvalue weighted by molar-refractivity contribution is 7.92. The fourth-order valence-corrected chi connectivity index (χ4v) is 4.01. The van der Waals surface area contributed by atoms with E-state index in [4.69, 9.17) is 0 Å². The number of sulfonamides is 1. The lowest BCUT2D eigenvalue weighted by molar-refractivity contribution is -0.116. The number of hydrogen-bond acceptors (Lipinski definition) is 4. The van der Waals surface area contributed by atoms with Crippen LogP contribution in [0.1, 0.15) is 31.1 Å². The van der Waals surface area contributed by atoms with Gasteiger partial charge in [-0.05, 0) is 43.2 Å². The zero-order valence-corrected chi connectivity index (χ0v) is 18.2. The Hall–Kier alpha value is -2.94. The number of amides is 2. The first kappa shape index (κ1) is 23.3. The Labute approximate surface area is 176 Å². The molecule has 9 heteroatoms. The number of anilines is 2. The van der Waals surface area contributed by atoms with Crippen molar-refractivity contribution in [3.05, 3.63) is 59.9 Å². The Balaban J connectivity index is 2.29. The van der Waals surface area contributed by atoms with E-state index in [2.05, 4.69) is 10.6 Å². The minimum Gasteiger partial charge on any atom is -0.352 e. The number of nitrogens with zero attached hydrogens (tertiary/aromatic N) is 1. The molecule has 0 unspecified atom stereocenters. The summed E-state index contributed by atoms with van der Waals surface area (Å²) in [7, 11) is -3.89. The molecule has 2 aromatic rings. The maximum Gasteiger partial charge on any atom is 0.253 e. The summed E-state index contributed by atoms with van der Waals surface area (Å²) in [6, 6.07) is 10.2. The van der Waals surface area contributed by atoms with E-state index in [1.807, 2.05) is 13.8 Å². The van der Waals surface area contributed by atoms with Crippen LogP contribution in [-0.4, -0.2) is 39.1 Å². The van der Waals surface area contributed by atoms with Crippen LogP contribution in [0.4, 0.5) is 15.8 Å². The van der Waals surface area contributed by atoms with Crippen LogP contribution in [0, 0.1) is 11.7 Å². The summed E-state index contributed by atoms with van der Waals surface area (Å²) >= 11 is 0. The maximum absolute atomic E-state index is 13.6. The third-order valence-corrected chi connectivity index (χ3v) is 5.49. The molecule has 2 aromatic carbocycles. The average Bonchev–Trinajstić information content (AvgIpc) is 2.65. The highest BCUT2D eigenvalue weighted by Crippen LogP contribution is 2.23. The number of halogens is 1. The molecule has 0 aliphatic rings. The molecular formula is C21H26FN3O4S. The van der Waals surface area contributed by atoms with E-state index in [1.54, 1.807) is 24.3 Å². The van der Waals surface area contributed by atoms with Crippen LogP contribution in [0.3, 0.4) is 0 Å². The molecule has 0 aromatic heterocycles. The van der Waals surface area contributed by atoms with E-state index < -0.39 is 27.8 Å². The van der Waals surface area contributed by atoms with Crippen molar-refractivity contribution in [3.63, 3.8) is 0 Å². The summed E-state index contributed by atoms with van der Waals surface area (Å²) in [5.41, 5.74) is 0.543. The van der Waals surface area contributed by atoms with Gasteiger partial charge in [0.1, 0.15) is 11.9 Å². The van der Waals surface area contributed by atoms with Crippen LogP contribution in [0.25, 0.3) is 0 Å². The minimum absolute atomic E-state index is 0.0307. The fraction of sp³-hybridized carbons (Fsp3) is 0.333. The second-order valence-corrected chi connectivity index (χ2v) is 9.21. The van der Waals surface area contributed by atoms with Crippen molar-refractivity contribution in [3.8, 4) is 0 Å². The highest BCUT2D eigenvalue weighted by atomic mass is 32.2. The van der Waals surface area contributed by atoms with Gasteiger partial charge in [-0.25, -0.2) is 12.8 Å². The van der Waals surface area contributed by atoms with Gasteiger partial charge in [0, 0.05) is 6.54 Å². The van der Waals surface area contributed by atoms with E-state index in [-0.39, 0.29) is 28.8 Å². The van der Waals surface area contributed by atoms with Crippen LogP contribution < -0.4 is 14.9 Å². The van der Waals surface area contributed by atoms with Gasteiger partial charge in [0.05, 0.1) is 23.2 Å². The summed E-state index contributed by atoms with van der Waals surface area (Å²) in [5, 5.41) is 5.40. The second kappa shape index (κ2) is 9.71. The highest BCUT2D eigenvalue weighted by Gasteiger charge is 2.30. The van der Waals surface area contributed by atoms with Crippen molar-refractivity contribution in [2.24, 2.45) is 5.92 Å². The van der Waals surface area contributed by atoms with E-state index in [1.165, 1.54) is 25.1 Å². The van der Waals surface area contributed by atoms with Crippen LogP contribution in [0.2, 0.25) is 0 Å². The van der Waals surface area contributed by atoms with Gasteiger partial charge in [0.2, 0.25) is 15.9 Å². The summed E-state index contributed by atoms with van der Waals surface area (Å²) in [6.07, 6.45) is 0.939. The summed E-state index contributed by atoms with van der Waals surface area (Å²) < 4.78 is 39.1. The smallest absolute Gasteiger partial charge is 0.253 e. The molecule has 0 aliphatic heterocycles. The molecule has 7 nitrogen and oxygen atoms in total. The zero-order valence-electron chi connectivity index (χ0n) is 17.3. The minimum atomic E-state index is -3.89. The first-order chi connectivity index (χ1) is 14.0. The SMILES string of the molecule is CC(C)CNC(=O)c1ccccc1NC(=O)[C@@H](C)N(c1cccc(F)c1)S(C)(=O)=O. The lowest BCUT2D eigenvalue weighted by Crippen LogP contribution is -2.45. The van der Waals surface area contributed by atoms with Crippen LogP contribution in [0.15, 0.2) is 48.5 Å². The van der Waals surface area contributed by atoms with Crippen LogP contribution in [-0.2, 0) is 14.8 Å². The predicted molar refractivity (Wildman–Crippen MR) is 115 cm³/mol. The maximum atomic E-state index is 13.6. The molecule has 0 fully saturated rings. The molecule has 2 N–H and O–H groups in total. The molecule has 2 amide bonds. The first-order valence-corrected chi connectivity index (χ1v) is 11.3. The lowest BCUT2D eigenvalue weighted by Gasteiger charge is -2.28. The van der Waals surface area contributed by atoms with Gasteiger partial charge >= 0.3 is 0 Å². The van der Waals surface area contributed by atoms with Crippen molar-refractivity contribution in [1.29, 1.82) is 0 Å². The Morgan fingerprint density at radius 1 is 1.07 bits per heavy atom. The fourth-order valence-electron chi connectivity index (χ4n) is 2.84. The van der Waals surface area contributed by atoms with Crippen molar-refractivity contribution in [2.45, 2.75) is 26.8 Å².